The zero-order chi connectivity index (χ0) is 18.5. The molecular formula is C19H23N5O2. The molecule has 0 atom stereocenters. The van der Waals surface area contributed by atoms with Gasteiger partial charge < -0.3 is 15.6 Å². The highest BCUT2D eigenvalue weighted by Crippen LogP contribution is 2.15. The summed E-state index contributed by atoms with van der Waals surface area (Å²) in [4.78, 5) is 12.0. The van der Waals surface area contributed by atoms with Crippen molar-refractivity contribution in [3.05, 3.63) is 59.1 Å². The van der Waals surface area contributed by atoms with Crippen LogP contribution in [0, 0.1) is 13.8 Å². The maximum atomic E-state index is 12.0. The number of aromatic nitrogens is 3. The summed E-state index contributed by atoms with van der Waals surface area (Å²) in [6, 6.07) is 11.6. The summed E-state index contributed by atoms with van der Waals surface area (Å²) in [5, 5.41) is 11.3. The molecule has 0 aliphatic heterocycles. The van der Waals surface area contributed by atoms with Gasteiger partial charge >= 0.3 is 0 Å². The number of amides is 1. The van der Waals surface area contributed by atoms with Crippen molar-refractivity contribution < 1.29 is 9.32 Å². The molecule has 0 radical (unpaired) electrons. The van der Waals surface area contributed by atoms with Gasteiger partial charge in [0, 0.05) is 18.2 Å². The van der Waals surface area contributed by atoms with E-state index in [4.69, 9.17) is 10.3 Å². The molecule has 0 fully saturated rings. The van der Waals surface area contributed by atoms with E-state index in [1.165, 1.54) is 0 Å². The van der Waals surface area contributed by atoms with Crippen LogP contribution in [-0.4, -0.2) is 27.4 Å². The van der Waals surface area contributed by atoms with E-state index in [0.29, 0.717) is 18.1 Å². The van der Waals surface area contributed by atoms with Crippen molar-refractivity contribution in [3.8, 4) is 5.69 Å². The number of nitrogen functional groups attached to an aromatic ring is 1. The molecule has 7 nitrogen and oxygen atoms in total. The molecule has 1 amide bonds. The van der Waals surface area contributed by atoms with E-state index in [0.717, 1.165) is 35.5 Å². The average Bonchev–Trinajstić information content (AvgIpc) is 3.16. The lowest BCUT2D eigenvalue weighted by Gasteiger charge is -2.04. The van der Waals surface area contributed by atoms with Crippen LogP contribution in [0.25, 0.3) is 5.69 Å². The number of nitrogens with two attached hydrogens (primary N) is 1. The van der Waals surface area contributed by atoms with Crippen molar-refractivity contribution in [1.82, 2.24) is 20.3 Å². The first kappa shape index (κ1) is 17.7. The summed E-state index contributed by atoms with van der Waals surface area (Å²) in [5.74, 6) is 1.27. The van der Waals surface area contributed by atoms with Crippen molar-refractivity contribution in [2.45, 2.75) is 33.1 Å². The molecule has 0 saturated heterocycles. The van der Waals surface area contributed by atoms with E-state index in [2.05, 4.69) is 15.6 Å². The van der Waals surface area contributed by atoms with E-state index in [9.17, 15) is 4.79 Å². The standard InChI is InChI=1S/C19H23N5O2/c1-13-17(14(2)26-23-13)12-19(25)21-10-6-7-15-11-18(20)24(22-15)16-8-4-3-5-9-16/h3-5,8-9,11H,6-7,10,12,20H2,1-2H3,(H,21,25). The van der Waals surface area contributed by atoms with Gasteiger partial charge in [0.05, 0.1) is 23.5 Å². The van der Waals surface area contributed by atoms with Crippen LogP contribution in [0.4, 0.5) is 5.82 Å². The number of aryl methyl sites for hydroxylation is 3. The largest absolute Gasteiger partial charge is 0.384 e. The van der Waals surface area contributed by atoms with Crippen molar-refractivity contribution in [2.24, 2.45) is 0 Å². The van der Waals surface area contributed by atoms with E-state index in [-0.39, 0.29) is 12.3 Å². The Balaban J connectivity index is 1.48. The Morgan fingerprint density at radius 1 is 1.27 bits per heavy atom. The molecule has 7 heteroatoms. The highest BCUT2D eigenvalue weighted by molar-refractivity contribution is 5.78. The minimum atomic E-state index is -0.0336. The Morgan fingerprint density at radius 3 is 2.73 bits per heavy atom. The molecule has 3 rings (SSSR count). The molecule has 2 heterocycles. The van der Waals surface area contributed by atoms with Gasteiger partial charge in [0.2, 0.25) is 5.91 Å². The zero-order valence-electron chi connectivity index (χ0n) is 15.0. The molecule has 3 aromatic rings. The number of rotatable bonds is 7. The zero-order valence-corrected chi connectivity index (χ0v) is 15.0. The molecule has 0 aliphatic rings. The number of hydrogen-bond donors (Lipinski definition) is 2. The first-order valence-corrected chi connectivity index (χ1v) is 8.63. The number of para-hydroxylation sites is 1. The molecule has 2 aromatic heterocycles. The number of hydrogen-bond acceptors (Lipinski definition) is 5. The Morgan fingerprint density at radius 2 is 2.04 bits per heavy atom. The summed E-state index contributed by atoms with van der Waals surface area (Å²) >= 11 is 0. The average molecular weight is 353 g/mol. The number of carbonyl (C=O) groups is 1. The molecular weight excluding hydrogens is 330 g/mol. The van der Waals surface area contributed by atoms with E-state index in [1.807, 2.05) is 50.2 Å². The Hall–Kier alpha value is -3.09. The molecule has 1 aromatic carbocycles. The number of benzene rings is 1. The third-order valence-corrected chi connectivity index (χ3v) is 4.24. The first-order chi connectivity index (χ1) is 12.5. The van der Waals surface area contributed by atoms with Crippen molar-refractivity contribution in [3.63, 3.8) is 0 Å². The topological polar surface area (TPSA) is 99.0 Å². The van der Waals surface area contributed by atoms with Crippen LogP contribution >= 0.6 is 0 Å². The second-order valence-electron chi connectivity index (χ2n) is 6.24. The van der Waals surface area contributed by atoms with Crippen LogP contribution < -0.4 is 11.1 Å². The smallest absolute Gasteiger partial charge is 0.224 e. The fraction of sp³-hybridized carbons (Fsp3) is 0.316. The van der Waals surface area contributed by atoms with Crippen molar-refractivity contribution in [2.75, 3.05) is 12.3 Å². The van der Waals surface area contributed by atoms with Crippen LogP contribution in [0.3, 0.4) is 0 Å². The van der Waals surface area contributed by atoms with Gasteiger partial charge in [0.25, 0.3) is 0 Å². The number of nitrogens with one attached hydrogen (secondary N) is 1. The maximum Gasteiger partial charge on any atom is 0.224 e. The first-order valence-electron chi connectivity index (χ1n) is 8.63. The molecule has 0 aliphatic carbocycles. The monoisotopic (exact) mass is 353 g/mol. The van der Waals surface area contributed by atoms with Crippen molar-refractivity contribution >= 4 is 11.7 Å². The minimum absolute atomic E-state index is 0.0336. The molecule has 136 valence electrons. The summed E-state index contributed by atoms with van der Waals surface area (Å²) < 4.78 is 6.80. The lowest BCUT2D eigenvalue weighted by molar-refractivity contribution is -0.120. The van der Waals surface area contributed by atoms with Crippen LogP contribution in [0.15, 0.2) is 40.9 Å². The summed E-state index contributed by atoms with van der Waals surface area (Å²) in [6.45, 7) is 4.24. The lowest BCUT2D eigenvalue weighted by Crippen LogP contribution is -2.26. The SMILES string of the molecule is Cc1noc(C)c1CC(=O)NCCCc1cc(N)n(-c2ccccc2)n1. The van der Waals surface area contributed by atoms with Gasteiger partial charge in [0.1, 0.15) is 11.6 Å². The second kappa shape index (κ2) is 7.86. The molecule has 0 bridgehead atoms. The van der Waals surface area contributed by atoms with Crippen LogP contribution in [0.1, 0.15) is 29.1 Å². The summed E-state index contributed by atoms with van der Waals surface area (Å²) in [5.41, 5.74) is 9.51. The fourth-order valence-corrected chi connectivity index (χ4v) is 2.82. The number of carbonyl (C=O) groups excluding carboxylic acids is 1. The van der Waals surface area contributed by atoms with Gasteiger partial charge in [0.15, 0.2) is 0 Å². The summed E-state index contributed by atoms with van der Waals surface area (Å²) in [6.07, 6.45) is 1.82. The number of nitrogens with zero attached hydrogens (tertiary/aromatic N) is 3. The molecule has 26 heavy (non-hydrogen) atoms. The second-order valence-corrected chi connectivity index (χ2v) is 6.24. The van der Waals surface area contributed by atoms with Gasteiger partial charge in [-0.2, -0.15) is 5.10 Å². The normalized spacial score (nSPS) is 10.8. The van der Waals surface area contributed by atoms with Gasteiger partial charge in [-0.15, -0.1) is 0 Å². The summed E-state index contributed by atoms with van der Waals surface area (Å²) in [7, 11) is 0. The Bertz CT molecular complexity index is 863. The lowest BCUT2D eigenvalue weighted by atomic mass is 10.1. The third kappa shape index (κ3) is 4.11. The Kier molecular flexibility index (Phi) is 5.36. The number of anilines is 1. The van der Waals surface area contributed by atoms with Gasteiger partial charge in [-0.1, -0.05) is 23.4 Å². The van der Waals surface area contributed by atoms with Crippen LogP contribution in [-0.2, 0) is 17.6 Å². The van der Waals surface area contributed by atoms with Crippen LogP contribution in [0.5, 0.6) is 0 Å². The highest BCUT2D eigenvalue weighted by atomic mass is 16.5. The predicted octanol–water partition coefficient (Wildman–Crippen LogP) is 2.35. The molecule has 3 N–H and O–H groups in total. The van der Waals surface area contributed by atoms with E-state index >= 15 is 0 Å². The quantitative estimate of drug-likeness (QED) is 0.635. The molecule has 0 saturated carbocycles. The Labute approximate surface area is 152 Å². The van der Waals surface area contributed by atoms with Gasteiger partial charge in [-0.3, -0.25) is 4.79 Å². The maximum absolute atomic E-state index is 12.0. The van der Waals surface area contributed by atoms with Gasteiger partial charge in [-0.25, -0.2) is 4.68 Å². The van der Waals surface area contributed by atoms with E-state index in [1.54, 1.807) is 4.68 Å². The minimum Gasteiger partial charge on any atom is -0.384 e. The predicted molar refractivity (Wildman–Crippen MR) is 99.0 cm³/mol. The third-order valence-electron chi connectivity index (χ3n) is 4.24. The molecule has 0 spiro atoms. The van der Waals surface area contributed by atoms with Gasteiger partial charge in [-0.05, 0) is 38.8 Å². The van der Waals surface area contributed by atoms with E-state index < -0.39 is 0 Å². The molecule has 0 unspecified atom stereocenters. The fourth-order valence-electron chi connectivity index (χ4n) is 2.82. The highest BCUT2D eigenvalue weighted by Gasteiger charge is 2.13. The van der Waals surface area contributed by atoms with Crippen molar-refractivity contribution in [1.29, 1.82) is 0 Å². The van der Waals surface area contributed by atoms with Crippen LogP contribution in [0.2, 0.25) is 0 Å².